The molecule has 0 unspecified atom stereocenters. The second kappa shape index (κ2) is 10.2. The standard InChI is InChI=1S/C21H25NO6/c1-14-6-5-7-17(12-14)27-11-10-20(23)28-15(2)21(24)22-16-8-9-18(25-3)19(13-16)26-4/h5-9,12-13,15H,10-11H2,1-4H3,(H,22,24)/t15-/m0/s1. The fraction of sp³-hybridized carbons (Fsp3) is 0.333. The topological polar surface area (TPSA) is 83.1 Å². The van der Waals surface area contributed by atoms with Crippen LogP contribution >= 0.6 is 0 Å². The number of ether oxygens (including phenoxy) is 4. The first kappa shape index (κ1) is 21.1. The van der Waals surface area contributed by atoms with Gasteiger partial charge >= 0.3 is 5.97 Å². The van der Waals surface area contributed by atoms with Gasteiger partial charge in [-0.25, -0.2) is 0 Å². The Morgan fingerprint density at radius 3 is 2.46 bits per heavy atom. The summed E-state index contributed by atoms with van der Waals surface area (Å²) in [4.78, 5) is 24.2. The lowest BCUT2D eigenvalue weighted by atomic mass is 10.2. The van der Waals surface area contributed by atoms with Crippen LogP contribution in [0.4, 0.5) is 5.69 Å². The Hall–Kier alpha value is -3.22. The SMILES string of the molecule is COc1ccc(NC(=O)[C@H](C)OC(=O)CCOc2cccc(C)c2)cc1OC. The Kier molecular flexibility index (Phi) is 7.68. The highest BCUT2D eigenvalue weighted by Crippen LogP contribution is 2.29. The lowest BCUT2D eigenvalue weighted by Gasteiger charge is -2.15. The van der Waals surface area contributed by atoms with E-state index in [0.29, 0.717) is 22.9 Å². The zero-order valence-electron chi connectivity index (χ0n) is 16.5. The molecule has 0 aliphatic carbocycles. The van der Waals surface area contributed by atoms with Crippen molar-refractivity contribution in [1.29, 1.82) is 0 Å². The van der Waals surface area contributed by atoms with E-state index in [1.807, 2.05) is 31.2 Å². The van der Waals surface area contributed by atoms with Gasteiger partial charge in [0.1, 0.15) is 5.75 Å². The van der Waals surface area contributed by atoms with E-state index >= 15 is 0 Å². The molecule has 0 aliphatic rings. The first-order valence-electron chi connectivity index (χ1n) is 8.84. The number of aryl methyl sites for hydroxylation is 1. The zero-order chi connectivity index (χ0) is 20.5. The average Bonchev–Trinajstić information content (AvgIpc) is 2.67. The molecule has 0 aliphatic heterocycles. The molecule has 0 radical (unpaired) electrons. The van der Waals surface area contributed by atoms with Crippen molar-refractivity contribution in [1.82, 2.24) is 0 Å². The zero-order valence-corrected chi connectivity index (χ0v) is 16.5. The van der Waals surface area contributed by atoms with E-state index in [9.17, 15) is 9.59 Å². The van der Waals surface area contributed by atoms with Gasteiger partial charge in [-0.05, 0) is 43.7 Å². The number of nitrogens with one attached hydrogen (secondary N) is 1. The number of amides is 1. The Morgan fingerprint density at radius 2 is 1.79 bits per heavy atom. The summed E-state index contributed by atoms with van der Waals surface area (Å²) in [6.07, 6.45) is -0.901. The molecular formula is C21H25NO6. The maximum absolute atomic E-state index is 12.2. The molecule has 0 bridgehead atoms. The molecule has 1 amide bonds. The molecule has 1 atom stereocenters. The molecule has 7 heteroatoms. The first-order chi connectivity index (χ1) is 13.4. The monoisotopic (exact) mass is 387 g/mol. The van der Waals surface area contributed by atoms with Crippen LogP contribution in [0.5, 0.6) is 17.2 Å². The van der Waals surface area contributed by atoms with E-state index in [1.54, 1.807) is 18.2 Å². The van der Waals surface area contributed by atoms with Crippen LogP contribution in [-0.4, -0.2) is 38.8 Å². The van der Waals surface area contributed by atoms with E-state index in [2.05, 4.69) is 5.32 Å². The third-order valence-electron chi connectivity index (χ3n) is 3.89. The summed E-state index contributed by atoms with van der Waals surface area (Å²) in [5.74, 6) is 0.765. The van der Waals surface area contributed by atoms with Gasteiger partial charge in [0.2, 0.25) is 0 Å². The number of methoxy groups -OCH3 is 2. The van der Waals surface area contributed by atoms with Gasteiger partial charge in [-0.3, -0.25) is 9.59 Å². The van der Waals surface area contributed by atoms with Gasteiger partial charge in [-0.1, -0.05) is 12.1 Å². The smallest absolute Gasteiger partial charge is 0.310 e. The predicted molar refractivity (Wildman–Crippen MR) is 105 cm³/mol. The summed E-state index contributed by atoms with van der Waals surface area (Å²) in [5, 5.41) is 2.68. The highest BCUT2D eigenvalue weighted by Gasteiger charge is 2.18. The second-order valence-corrected chi connectivity index (χ2v) is 6.11. The van der Waals surface area contributed by atoms with Gasteiger partial charge in [0.15, 0.2) is 17.6 Å². The fourth-order valence-electron chi connectivity index (χ4n) is 2.42. The molecule has 1 N–H and O–H groups in total. The summed E-state index contributed by atoms with van der Waals surface area (Å²) in [7, 11) is 3.03. The van der Waals surface area contributed by atoms with Crippen molar-refractivity contribution in [3.8, 4) is 17.2 Å². The van der Waals surface area contributed by atoms with Gasteiger partial charge in [0.25, 0.3) is 5.91 Å². The van der Waals surface area contributed by atoms with Crippen LogP contribution in [0.3, 0.4) is 0 Å². The number of carbonyl (C=O) groups excluding carboxylic acids is 2. The largest absolute Gasteiger partial charge is 0.493 e. The van der Waals surface area contributed by atoms with Crippen molar-refractivity contribution in [2.75, 3.05) is 26.1 Å². The van der Waals surface area contributed by atoms with Crippen LogP contribution in [-0.2, 0) is 14.3 Å². The summed E-state index contributed by atoms with van der Waals surface area (Å²) in [6.45, 7) is 3.64. The van der Waals surface area contributed by atoms with Crippen molar-refractivity contribution in [2.45, 2.75) is 26.4 Å². The van der Waals surface area contributed by atoms with Crippen LogP contribution in [0.1, 0.15) is 18.9 Å². The maximum Gasteiger partial charge on any atom is 0.310 e. The molecule has 2 rings (SSSR count). The van der Waals surface area contributed by atoms with E-state index in [4.69, 9.17) is 18.9 Å². The van der Waals surface area contributed by atoms with Gasteiger partial charge in [0, 0.05) is 11.8 Å². The summed E-state index contributed by atoms with van der Waals surface area (Å²) in [5.41, 5.74) is 1.58. The molecule has 0 spiro atoms. The normalized spacial score (nSPS) is 11.3. The first-order valence-corrected chi connectivity index (χ1v) is 8.84. The Balaban J connectivity index is 1.80. The number of esters is 1. The molecule has 0 aromatic heterocycles. The molecule has 7 nitrogen and oxygen atoms in total. The minimum Gasteiger partial charge on any atom is -0.493 e. The lowest BCUT2D eigenvalue weighted by molar-refractivity contribution is -0.153. The van der Waals surface area contributed by atoms with Crippen molar-refractivity contribution >= 4 is 17.6 Å². The minimum atomic E-state index is -0.945. The van der Waals surface area contributed by atoms with Crippen molar-refractivity contribution in [2.24, 2.45) is 0 Å². The average molecular weight is 387 g/mol. The van der Waals surface area contributed by atoms with Gasteiger partial charge in [0.05, 0.1) is 27.2 Å². The Bertz CT molecular complexity index is 820. The maximum atomic E-state index is 12.2. The summed E-state index contributed by atoms with van der Waals surface area (Å²) in [6, 6.07) is 12.5. The van der Waals surface area contributed by atoms with Crippen LogP contribution in [0, 0.1) is 6.92 Å². The number of hydrogen-bond donors (Lipinski definition) is 1. The molecule has 150 valence electrons. The Labute approximate surface area is 164 Å². The second-order valence-electron chi connectivity index (χ2n) is 6.11. The molecular weight excluding hydrogens is 362 g/mol. The highest BCUT2D eigenvalue weighted by atomic mass is 16.6. The van der Waals surface area contributed by atoms with Crippen molar-refractivity contribution in [3.63, 3.8) is 0 Å². The number of anilines is 1. The molecule has 0 fully saturated rings. The molecule has 0 saturated carbocycles. The molecule has 0 saturated heterocycles. The molecule has 2 aromatic rings. The minimum absolute atomic E-state index is 0.0436. The van der Waals surface area contributed by atoms with E-state index < -0.39 is 18.0 Å². The predicted octanol–water partition coefficient (Wildman–Crippen LogP) is 3.35. The van der Waals surface area contributed by atoms with Gasteiger partial charge in [-0.2, -0.15) is 0 Å². The Morgan fingerprint density at radius 1 is 1.04 bits per heavy atom. The third kappa shape index (κ3) is 6.19. The number of hydrogen-bond acceptors (Lipinski definition) is 6. The van der Waals surface area contributed by atoms with Crippen molar-refractivity contribution in [3.05, 3.63) is 48.0 Å². The van der Waals surface area contributed by atoms with E-state index in [1.165, 1.54) is 21.1 Å². The van der Waals surface area contributed by atoms with E-state index in [-0.39, 0.29) is 13.0 Å². The van der Waals surface area contributed by atoms with Crippen LogP contribution in [0.15, 0.2) is 42.5 Å². The van der Waals surface area contributed by atoms with Gasteiger partial charge < -0.3 is 24.3 Å². The van der Waals surface area contributed by atoms with Crippen LogP contribution in [0.2, 0.25) is 0 Å². The summed E-state index contributed by atoms with van der Waals surface area (Å²) >= 11 is 0. The summed E-state index contributed by atoms with van der Waals surface area (Å²) < 4.78 is 21.0. The van der Waals surface area contributed by atoms with Crippen LogP contribution < -0.4 is 19.5 Å². The number of benzene rings is 2. The van der Waals surface area contributed by atoms with Crippen molar-refractivity contribution < 1.29 is 28.5 Å². The van der Waals surface area contributed by atoms with Gasteiger partial charge in [-0.15, -0.1) is 0 Å². The lowest BCUT2D eigenvalue weighted by Crippen LogP contribution is -2.30. The number of carbonyl (C=O) groups is 2. The fourth-order valence-corrected chi connectivity index (χ4v) is 2.42. The molecule has 2 aromatic carbocycles. The molecule has 28 heavy (non-hydrogen) atoms. The number of rotatable bonds is 9. The highest BCUT2D eigenvalue weighted by molar-refractivity contribution is 5.95. The quantitative estimate of drug-likeness (QED) is 0.665. The van der Waals surface area contributed by atoms with E-state index in [0.717, 1.165) is 5.56 Å². The third-order valence-corrected chi connectivity index (χ3v) is 3.89. The molecule has 0 heterocycles. The van der Waals surface area contributed by atoms with Crippen LogP contribution in [0.25, 0.3) is 0 Å².